The number of hydrogen-bond donors (Lipinski definition) is 1. The molecule has 5 nitrogen and oxygen atoms in total. The van der Waals surface area contributed by atoms with Crippen molar-refractivity contribution in [2.24, 2.45) is 11.8 Å². The molecule has 1 unspecified atom stereocenters. The van der Waals surface area contributed by atoms with Crippen LogP contribution in [0.25, 0.3) is 10.2 Å². The van der Waals surface area contributed by atoms with Crippen molar-refractivity contribution in [3.63, 3.8) is 0 Å². The van der Waals surface area contributed by atoms with E-state index in [1.54, 1.807) is 11.3 Å². The zero-order chi connectivity index (χ0) is 19.4. The highest BCUT2D eigenvalue weighted by Crippen LogP contribution is 2.29. The molecule has 0 radical (unpaired) electrons. The van der Waals surface area contributed by atoms with Gasteiger partial charge in [-0.05, 0) is 37.8 Å². The molecule has 1 aromatic carbocycles. The van der Waals surface area contributed by atoms with Gasteiger partial charge in [0, 0.05) is 25.0 Å². The van der Waals surface area contributed by atoms with Crippen molar-refractivity contribution in [1.29, 1.82) is 0 Å². The Morgan fingerprint density at radius 1 is 1.26 bits per heavy atom. The molecule has 1 aromatic heterocycles. The molecular weight excluding hydrogens is 378 g/mol. The molecule has 0 spiro atoms. The molecule has 3 rings (SSSR count). The lowest BCUT2D eigenvalue weighted by atomic mass is 9.95. The van der Waals surface area contributed by atoms with Crippen molar-refractivity contribution in [2.75, 3.05) is 18.8 Å². The summed E-state index contributed by atoms with van der Waals surface area (Å²) in [5.74, 6) is 1.12. The zero-order valence-electron chi connectivity index (χ0n) is 16.1. The van der Waals surface area contributed by atoms with Crippen molar-refractivity contribution < 1.29 is 9.59 Å². The number of benzene rings is 1. The molecule has 0 aliphatic carbocycles. The highest BCUT2D eigenvalue weighted by Gasteiger charge is 2.28. The van der Waals surface area contributed by atoms with E-state index in [4.69, 9.17) is 0 Å². The largest absolute Gasteiger partial charge is 0.353 e. The number of aromatic nitrogens is 1. The highest BCUT2D eigenvalue weighted by molar-refractivity contribution is 8.01. The monoisotopic (exact) mass is 405 g/mol. The number of amides is 2. The lowest BCUT2D eigenvalue weighted by molar-refractivity contribution is -0.134. The van der Waals surface area contributed by atoms with Gasteiger partial charge in [-0.15, -0.1) is 11.3 Å². The van der Waals surface area contributed by atoms with Crippen molar-refractivity contribution in [1.82, 2.24) is 15.2 Å². The first-order valence-corrected chi connectivity index (χ1v) is 11.3. The summed E-state index contributed by atoms with van der Waals surface area (Å²) in [5, 5.41) is 3.10. The summed E-state index contributed by atoms with van der Waals surface area (Å²) in [5.41, 5.74) is 0.986. The summed E-state index contributed by atoms with van der Waals surface area (Å²) in [6.45, 7) is 7.58. The molecule has 1 aliphatic rings. The van der Waals surface area contributed by atoms with E-state index in [9.17, 15) is 9.59 Å². The number of thioether (sulfide) groups is 1. The van der Waals surface area contributed by atoms with E-state index in [-0.39, 0.29) is 23.8 Å². The highest BCUT2D eigenvalue weighted by atomic mass is 32.2. The van der Waals surface area contributed by atoms with Crippen molar-refractivity contribution in [3.05, 3.63) is 24.3 Å². The predicted molar refractivity (Wildman–Crippen MR) is 112 cm³/mol. The number of carbonyl (C=O) groups is 2. The Hall–Kier alpha value is -1.60. The summed E-state index contributed by atoms with van der Waals surface area (Å²) in [7, 11) is 0. The van der Waals surface area contributed by atoms with Crippen LogP contribution in [0.1, 0.15) is 33.6 Å². The molecule has 0 saturated carbocycles. The molecular formula is C20H27N3O2S2. The summed E-state index contributed by atoms with van der Waals surface area (Å²) in [4.78, 5) is 31.3. The van der Waals surface area contributed by atoms with E-state index in [0.29, 0.717) is 24.8 Å². The fraction of sp³-hybridized carbons (Fsp3) is 0.550. The second-order valence-corrected chi connectivity index (χ2v) is 9.69. The van der Waals surface area contributed by atoms with Crippen LogP contribution < -0.4 is 5.32 Å². The van der Waals surface area contributed by atoms with Crippen molar-refractivity contribution >= 4 is 45.1 Å². The van der Waals surface area contributed by atoms with Crippen LogP contribution >= 0.6 is 23.1 Å². The maximum atomic E-state index is 12.5. The second-order valence-electron chi connectivity index (χ2n) is 7.43. The van der Waals surface area contributed by atoms with E-state index in [0.717, 1.165) is 27.4 Å². The minimum Gasteiger partial charge on any atom is -0.353 e. The number of nitrogens with one attached hydrogen (secondary N) is 1. The standard InChI is InChI=1S/C20H27N3O2S2/c1-13(2)14(3)21-19(25)15-8-10-23(11-9-15)18(24)12-26-20-22-16-6-4-5-7-17(16)27-20/h4-7,13-15H,8-12H2,1-3H3,(H,21,25). The molecule has 27 heavy (non-hydrogen) atoms. The topological polar surface area (TPSA) is 62.3 Å². The van der Waals surface area contributed by atoms with E-state index in [2.05, 4.69) is 30.2 Å². The van der Waals surface area contributed by atoms with Crippen LogP contribution in [0.5, 0.6) is 0 Å². The lowest BCUT2D eigenvalue weighted by Crippen LogP contribution is -2.46. The first-order chi connectivity index (χ1) is 12.9. The minimum atomic E-state index is 0.0205. The Bertz CT molecular complexity index is 764. The SMILES string of the molecule is CC(C)C(C)NC(=O)C1CCN(C(=O)CSc2nc3ccccc3s2)CC1. The fourth-order valence-corrected chi connectivity index (χ4v) is 5.00. The van der Waals surface area contributed by atoms with Crippen molar-refractivity contribution in [3.8, 4) is 0 Å². The van der Waals surface area contributed by atoms with Gasteiger partial charge in [0.25, 0.3) is 0 Å². The third-order valence-corrected chi connectivity index (χ3v) is 7.35. The first kappa shape index (κ1) is 20.1. The van der Waals surface area contributed by atoms with Gasteiger partial charge in [0.1, 0.15) is 0 Å². The van der Waals surface area contributed by atoms with Gasteiger partial charge in [0.15, 0.2) is 4.34 Å². The maximum absolute atomic E-state index is 12.5. The van der Waals surface area contributed by atoms with Gasteiger partial charge in [-0.1, -0.05) is 37.7 Å². The molecule has 2 amide bonds. The van der Waals surface area contributed by atoms with Gasteiger partial charge in [-0.2, -0.15) is 0 Å². The number of hydrogen-bond acceptors (Lipinski definition) is 5. The van der Waals surface area contributed by atoms with Gasteiger partial charge in [0.05, 0.1) is 16.0 Å². The molecule has 1 atom stereocenters. The number of nitrogens with zero attached hydrogens (tertiary/aromatic N) is 2. The summed E-state index contributed by atoms with van der Waals surface area (Å²) in [6, 6.07) is 8.21. The van der Waals surface area contributed by atoms with E-state index in [1.807, 2.05) is 30.0 Å². The normalized spacial score (nSPS) is 16.7. The smallest absolute Gasteiger partial charge is 0.233 e. The van der Waals surface area contributed by atoms with Crippen LogP contribution in [0.3, 0.4) is 0 Å². The van der Waals surface area contributed by atoms with Gasteiger partial charge in [-0.25, -0.2) is 4.98 Å². The molecule has 2 aromatic rings. The third-order valence-electron chi connectivity index (χ3n) is 5.18. The Morgan fingerprint density at radius 3 is 2.63 bits per heavy atom. The van der Waals surface area contributed by atoms with Crippen LogP contribution in [0.2, 0.25) is 0 Å². The first-order valence-electron chi connectivity index (χ1n) is 9.50. The van der Waals surface area contributed by atoms with E-state index in [1.165, 1.54) is 11.8 Å². The Kier molecular flexibility index (Phi) is 6.76. The second kappa shape index (κ2) is 9.06. The molecule has 7 heteroatoms. The van der Waals surface area contributed by atoms with Crippen LogP contribution in [-0.4, -0.2) is 46.6 Å². The molecule has 1 fully saturated rings. The number of fused-ring (bicyclic) bond motifs is 1. The van der Waals surface area contributed by atoms with Crippen LogP contribution in [0, 0.1) is 11.8 Å². The Balaban J connectivity index is 1.45. The molecule has 1 N–H and O–H groups in total. The Labute approximate surface area is 168 Å². The van der Waals surface area contributed by atoms with Gasteiger partial charge >= 0.3 is 0 Å². The molecule has 146 valence electrons. The van der Waals surface area contributed by atoms with Gasteiger partial charge in [0.2, 0.25) is 11.8 Å². The molecule has 1 aliphatic heterocycles. The predicted octanol–water partition coefficient (Wildman–Crippen LogP) is 3.79. The molecule has 0 bridgehead atoms. The fourth-order valence-electron chi connectivity index (χ4n) is 3.03. The quantitative estimate of drug-likeness (QED) is 0.743. The lowest BCUT2D eigenvalue weighted by Gasteiger charge is -2.32. The third kappa shape index (κ3) is 5.23. The average Bonchev–Trinajstić information content (AvgIpc) is 3.09. The van der Waals surface area contributed by atoms with E-state index < -0.39 is 0 Å². The molecule has 2 heterocycles. The number of thiazole rings is 1. The van der Waals surface area contributed by atoms with Crippen molar-refractivity contribution in [2.45, 2.75) is 44.0 Å². The van der Waals surface area contributed by atoms with Gasteiger partial charge < -0.3 is 10.2 Å². The number of rotatable bonds is 6. The average molecular weight is 406 g/mol. The maximum Gasteiger partial charge on any atom is 0.233 e. The number of para-hydroxylation sites is 1. The number of likely N-dealkylation sites (tertiary alicyclic amines) is 1. The van der Waals surface area contributed by atoms with Crippen LogP contribution in [0.15, 0.2) is 28.6 Å². The minimum absolute atomic E-state index is 0.0205. The zero-order valence-corrected chi connectivity index (χ0v) is 17.7. The summed E-state index contributed by atoms with van der Waals surface area (Å²) < 4.78 is 2.08. The Morgan fingerprint density at radius 2 is 1.96 bits per heavy atom. The van der Waals surface area contributed by atoms with Crippen LogP contribution in [-0.2, 0) is 9.59 Å². The molecule has 1 saturated heterocycles. The summed E-state index contributed by atoms with van der Waals surface area (Å²) >= 11 is 3.13. The van der Waals surface area contributed by atoms with Crippen LogP contribution in [0.4, 0.5) is 0 Å². The summed E-state index contributed by atoms with van der Waals surface area (Å²) in [6.07, 6.45) is 1.49. The van der Waals surface area contributed by atoms with Gasteiger partial charge in [-0.3, -0.25) is 9.59 Å². The van der Waals surface area contributed by atoms with E-state index >= 15 is 0 Å². The number of piperidine rings is 1. The number of carbonyl (C=O) groups excluding carboxylic acids is 2.